The van der Waals surface area contributed by atoms with E-state index in [1.165, 1.54) is 33.2 Å². The summed E-state index contributed by atoms with van der Waals surface area (Å²) in [6.45, 7) is 6.68. The molecule has 0 N–H and O–H groups in total. The predicted molar refractivity (Wildman–Crippen MR) is 89.4 cm³/mol. The predicted octanol–water partition coefficient (Wildman–Crippen LogP) is 4.76. The summed E-state index contributed by atoms with van der Waals surface area (Å²) >= 11 is 0. The highest BCUT2D eigenvalue weighted by molar-refractivity contribution is 5.87. The maximum absolute atomic E-state index is 2.31. The van der Waals surface area contributed by atoms with Gasteiger partial charge in [0.15, 0.2) is 6.20 Å². The molecule has 0 atom stereocenters. The zero-order valence-electron chi connectivity index (χ0n) is 13.2. The molecule has 0 unspecified atom stereocenters. The molecular weight excluding hydrogens is 254 g/mol. The summed E-state index contributed by atoms with van der Waals surface area (Å²) in [6.07, 6.45) is 2.27. The zero-order valence-corrected chi connectivity index (χ0v) is 13.2. The van der Waals surface area contributed by atoms with Crippen molar-refractivity contribution in [3.8, 4) is 11.3 Å². The molecule has 3 rings (SSSR count). The van der Waals surface area contributed by atoms with E-state index >= 15 is 0 Å². The Morgan fingerprint density at radius 1 is 0.952 bits per heavy atom. The zero-order chi connectivity index (χ0) is 15.0. The third-order valence-electron chi connectivity index (χ3n) is 4.21. The Bertz CT molecular complexity index is 800. The molecule has 106 valence electrons. The van der Waals surface area contributed by atoms with Gasteiger partial charge in [0, 0.05) is 17.0 Å². The summed E-state index contributed by atoms with van der Waals surface area (Å²) < 4.78 is 2.25. The van der Waals surface area contributed by atoms with Gasteiger partial charge in [-0.2, -0.15) is 0 Å². The van der Waals surface area contributed by atoms with Gasteiger partial charge in [-0.15, -0.1) is 0 Å². The minimum atomic E-state index is 0.540. The minimum absolute atomic E-state index is 0.540. The second-order valence-electron chi connectivity index (χ2n) is 6.09. The molecule has 1 heterocycles. The van der Waals surface area contributed by atoms with Crippen molar-refractivity contribution in [2.24, 2.45) is 7.05 Å². The quantitative estimate of drug-likeness (QED) is 0.594. The number of pyridine rings is 1. The number of hydrogen-bond acceptors (Lipinski definition) is 0. The van der Waals surface area contributed by atoms with Crippen LogP contribution in [0.2, 0.25) is 0 Å². The molecule has 21 heavy (non-hydrogen) atoms. The van der Waals surface area contributed by atoms with E-state index in [0.29, 0.717) is 5.92 Å². The summed E-state index contributed by atoms with van der Waals surface area (Å²) in [4.78, 5) is 0. The summed E-state index contributed by atoms with van der Waals surface area (Å²) in [5, 5.41) is 2.67. The van der Waals surface area contributed by atoms with Crippen molar-refractivity contribution in [3.05, 3.63) is 65.9 Å². The van der Waals surface area contributed by atoms with Gasteiger partial charge >= 0.3 is 0 Å². The second-order valence-corrected chi connectivity index (χ2v) is 6.09. The number of nitrogens with zero attached hydrogens (tertiary/aromatic N) is 1. The monoisotopic (exact) mass is 276 g/mol. The first-order valence-corrected chi connectivity index (χ1v) is 7.56. The van der Waals surface area contributed by atoms with E-state index < -0.39 is 0 Å². The van der Waals surface area contributed by atoms with Crippen molar-refractivity contribution in [1.82, 2.24) is 0 Å². The van der Waals surface area contributed by atoms with E-state index in [4.69, 9.17) is 0 Å². The number of aromatic nitrogens is 1. The van der Waals surface area contributed by atoms with E-state index in [0.717, 1.165) is 0 Å². The van der Waals surface area contributed by atoms with Crippen molar-refractivity contribution in [2.45, 2.75) is 26.7 Å². The first kappa shape index (κ1) is 13.8. The van der Waals surface area contributed by atoms with Crippen molar-refractivity contribution in [2.75, 3.05) is 0 Å². The van der Waals surface area contributed by atoms with E-state index in [9.17, 15) is 0 Å². The van der Waals surface area contributed by atoms with E-state index in [-0.39, 0.29) is 0 Å². The lowest BCUT2D eigenvalue weighted by Crippen LogP contribution is -2.30. The fraction of sp³-hybridized carbons (Fsp3) is 0.250. The maximum atomic E-state index is 2.31. The molecule has 0 saturated heterocycles. The summed E-state index contributed by atoms with van der Waals surface area (Å²) in [5.74, 6) is 0.540. The fourth-order valence-corrected chi connectivity index (χ4v) is 3.02. The van der Waals surface area contributed by atoms with Crippen LogP contribution in [0.15, 0.2) is 54.7 Å². The normalized spacial score (nSPS) is 11.3. The number of rotatable bonds is 2. The van der Waals surface area contributed by atoms with Gasteiger partial charge in [-0.3, -0.25) is 0 Å². The van der Waals surface area contributed by atoms with E-state index in [2.05, 4.69) is 87.1 Å². The topological polar surface area (TPSA) is 3.88 Å². The van der Waals surface area contributed by atoms with Crippen LogP contribution in [0.4, 0.5) is 0 Å². The van der Waals surface area contributed by atoms with Crippen LogP contribution in [-0.2, 0) is 7.05 Å². The molecule has 0 amide bonds. The highest BCUT2D eigenvalue weighted by atomic mass is 14.9. The van der Waals surface area contributed by atoms with Crippen molar-refractivity contribution in [3.63, 3.8) is 0 Å². The Morgan fingerprint density at radius 3 is 2.43 bits per heavy atom. The Balaban J connectivity index is 2.28. The molecule has 1 heteroatoms. The number of fused-ring (bicyclic) bond motifs is 1. The van der Waals surface area contributed by atoms with Crippen LogP contribution in [0, 0.1) is 6.92 Å². The average molecular weight is 276 g/mol. The lowest BCUT2D eigenvalue weighted by molar-refractivity contribution is -0.659. The first-order valence-electron chi connectivity index (χ1n) is 7.56. The van der Waals surface area contributed by atoms with Crippen LogP contribution < -0.4 is 4.57 Å². The van der Waals surface area contributed by atoms with Crippen molar-refractivity contribution < 1.29 is 4.57 Å². The van der Waals surface area contributed by atoms with Crippen LogP contribution in [-0.4, -0.2) is 0 Å². The van der Waals surface area contributed by atoms with E-state index in [1.807, 2.05) is 0 Å². The van der Waals surface area contributed by atoms with Crippen LogP contribution in [0.1, 0.15) is 30.9 Å². The molecule has 1 nitrogen and oxygen atoms in total. The van der Waals surface area contributed by atoms with Gasteiger partial charge in [0.05, 0.1) is 0 Å². The minimum Gasteiger partial charge on any atom is -0.200 e. The third-order valence-corrected chi connectivity index (χ3v) is 4.21. The highest BCUT2D eigenvalue weighted by Crippen LogP contribution is 2.28. The molecule has 0 aliphatic heterocycles. The van der Waals surface area contributed by atoms with Crippen molar-refractivity contribution >= 4 is 10.8 Å². The molecule has 0 saturated carbocycles. The van der Waals surface area contributed by atoms with Crippen LogP contribution in [0.3, 0.4) is 0 Å². The molecule has 0 fully saturated rings. The Hall–Kier alpha value is -2.15. The second kappa shape index (κ2) is 5.33. The Kier molecular flexibility index (Phi) is 3.50. The SMILES string of the molecule is Cc1ccccc1-c1cc2cccc(C(C)C)c2c[n+]1C. The molecular formula is C20H22N+. The molecule has 3 aromatic rings. The van der Waals surface area contributed by atoms with Crippen LogP contribution in [0.25, 0.3) is 22.0 Å². The third kappa shape index (κ3) is 2.44. The fourth-order valence-electron chi connectivity index (χ4n) is 3.02. The number of hydrogen-bond donors (Lipinski definition) is 0. The molecule has 2 aromatic carbocycles. The smallest absolute Gasteiger partial charge is 0.200 e. The number of benzene rings is 2. The standard InChI is InChI=1S/C20H22N/c1-14(2)17-11-7-9-16-12-20(21(4)13-19(16)17)18-10-6-5-8-15(18)3/h5-14H,1-4H3/q+1. The lowest BCUT2D eigenvalue weighted by Gasteiger charge is -2.11. The lowest BCUT2D eigenvalue weighted by atomic mass is 9.95. The maximum Gasteiger partial charge on any atom is 0.213 e. The van der Waals surface area contributed by atoms with Gasteiger partial charge in [-0.05, 0) is 35.4 Å². The summed E-state index contributed by atoms with van der Waals surface area (Å²) in [5.41, 5.74) is 5.30. The molecule has 0 aliphatic rings. The summed E-state index contributed by atoms with van der Waals surface area (Å²) in [6, 6.07) is 17.5. The van der Waals surface area contributed by atoms with Gasteiger partial charge in [-0.1, -0.05) is 50.2 Å². The van der Waals surface area contributed by atoms with Gasteiger partial charge in [0.25, 0.3) is 0 Å². The van der Waals surface area contributed by atoms with E-state index in [1.54, 1.807) is 0 Å². The number of aryl methyl sites for hydroxylation is 2. The van der Waals surface area contributed by atoms with Crippen LogP contribution in [0.5, 0.6) is 0 Å². The Labute approximate surface area is 126 Å². The Morgan fingerprint density at radius 2 is 1.71 bits per heavy atom. The van der Waals surface area contributed by atoms with Gasteiger partial charge in [0.1, 0.15) is 7.05 Å². The average Bonchev–Trinajstić information content (AvgIpc) is 2.46. The first-order chi connectivity index (χ1) is 10.1. The van der Waals surface area contributed by atoms with Gasteiger partial charge in [0.2, 0.25) is 5.69 Å². The molecule has 0 bridgehead atoms. The summed E-state index contributed by atoms with van der Waals surface area (Å²) in [7, 11) is 2.14. The van der Waals surface area contributed by atoms with Gasteiger partial charge < -0.3 is 0 Å². The molecule has 0 spiro atoms. The molecule has 1 aromatic heterocycles. The highest BCUT2D eigenvalue weighted by Gasteiger charge is 2.15. The molecule has 0 radical (unpaired) electrons. The van der Waals surface area contributed by atoms with Gasteiger partial charge in [-0.25, -0.2) is 4.57 Å². The largest absolute Gasteiger partial charge is 0.213 e. The van der Waals surface area contributed by atoms with Crippen molar-refractivity contribution in [1.29, 1.82) is 0 Å². The molecule has 0 aliphatic carbocycles. The van der Waals surface area contributed by atoms with Crippen LogP contribution >= 0.6 is 0 Å².